The lowest BCUT2D eigenvalue weighted by atomic mass is 10.0. The third-order valence-electron chi connectivity index (χ3n) is 2.77. The Labute approximate surface area is 108 Å². The Morgan fingerprint density at radius 1 is 1.35 bits per heavy atom. The second-order valence-electron chi connectivity index (χ2n) is 4.80. The molecule has 0 fully saturated rings. The highest BCUT2D eigenvalue weighted by Crippen LogP contribution is 2.23. The zero-order chi connectivity index (χ0) is 12.9. The summed E-state index contributed by atoms with van der Waals surface area (Å²) < 4.78 is 0. The van der Waals surface area contributed by atoms with Crippen LogP contribution in [0, 0.1) is 0 Å². The van der Waals surface area contributed by atoms with Gasteiger partial charge in [0.25, 0.3) is 0 Å². The molecule has 0 aliphatic heterocycles. The summed E-state index contributed by atoms with van der Waals surface area (Å²) in [5, 5.41) is 3.00. The Hall–Kier alpha value is -0.960. The van der Waals surface area contributed by atoms with Gasteiger partial charge < -0.3 is 5.32 Å². The zero-order valence-electron chi connectivity index (χ0n) is 11.0. The Bertz CT molecular complexity index is 362. The molecule has 17 heavy (non-hydrogen) atoms. The summed E-state index contributed by atoms with van der Waals surface area (Å²) in [6.07, 6.45) is 0.932. The van der Waals surface area contributed by atoms with E-state index in [1.54, 1.807) is 11.8 Å². The fraction of sp³-hybridized carbons (Fsp3) is 0.500. The van der Waals surface area contributed by atoms with E-state index in [1.807, 2.05) is 51.1 Å². The number of rotatable bonds is 5. The number of hydrogen-bond donors (Lipinski definition) is 1. The van der Waals surface area contributed by atoms with Crippen molar-refractivity contribution in [3.05, 3.63) is 30.3 Å². The van der Waals surface area contributed by atoms with Crippen LogP contribution < -0.4 is 5.32 Å². The topological polar surface area (TPSA) is 29.1 Å². The van der Waals surface area contributed by atoms with E-state index in [9.17, 15) is 4.79 Å². The number of benzene rings is 1. The smallest absolute Gasteiger partial charge is 0.233 e. The lowest BCUT2D eigenvalue weighted by Crippen LogP contribution is -2.46. The van der Waals surface area contributed by atoms with Crippen LogP contribution in [-0.4, -0.2) is 16.7 Å². The summed E-state index contributed by atoms with van der Waals surface area (Å²) >= 11 is 1.59. The summed E-state index contributed by atoms with van der Waals surface area (Å²) in [7, 11) is 0. The minimum atomic E-state index is -0.122. The molecule has 0 spiro atoms. The predicted molar refractivity (Wildman–Crippen MR) is 74.3 cm³/mol. The van der Waals surface area contributed by atoms with Gasteiger partial charge in [-0.05, 0) is 39.3 Å². The molecule has 3 heteroatoms. The van der Waals surface area contributed by atoms with Crippen molar-refractivity contribution in [2.45, 2.75) is 49.8 Å². The first kappa shape index (κ1) is 14.1. The molecule has 0 saturated carbocycles. The zero-order valence-corrected chi connectivity index (χ0v) is 11.8. The molecule has 94 valence electrons. The summed E-state index contributed by atoms with van der Waals surface area (Å²) in [4.78, 5) is 13.1. The van der Waals surface area contributed by atoms with E-state index in [0.717, 1.165) is 11.3 Å². The van der Waals surface area contributed by atoms with Crippen LogP contribution in [0.2, 0.25) is 0 Å². The van der Waals surface area contributed by atoms with Crippen molar-refractivity contribution in [1.29, 1.82) is 0 Å². The van der Waals surface area contributed by atoms with E-state index in [1.165, 1.54) is 0 Å². The maximum Gasteiger partial charge on any atom is 0.233 e. The molecule has 0 bridgehead atoms. The Balaban J connectivity index is 2.54. The fourth-order valence-electron chi connectivity index (χ4n) is 1.28. The van der Waals surface area contributed by atoms with Gasteiger partial charge in [-0.1, -0.05) is 25.1 Å². The molecule has 0 aliphatic carbocycles. The van der Waals surface area contributed by atoms with Gasteiger partial charge in [-0.25, -0.2) is 0 Å². The van der Waals surface area contributed by atoms with Crippen LogP contribution in [0.5, 0.6) is 0 Å². The molecule has 1 amide bonds. The quantitative estimate of drug-likeness (QED) is 0.812. The molecule has 1 aromatic carbocycles. The third-order valence-corrected chi connectivity index (χ3v) is 3.88. The Morgan fingerprint density at radius 2 is 1.94 bits per heavy atom. The van der Waals surface area contributed by atoms with Crippen LogP contribution in [0.4, 0.5) is 0 Å². The first-order chi connectivity index (χ1) is 7.94. The molecule has 0 aromatic heterocycles. The lowest BCUT2D eigenvalue weighted by molar-refractivity contribution is -0.121. The molecule has 0 aliphatic rings. The van der Waals surface area contributed by atoms with Gasteiger partial charge in [-0.3, -0.25) is 4.79 Å². The van der Waals surface area contributed by atoms with E-state index in [0.29, 0.717) is 0 Å². The van der Waals surface area contributed by atoms with Crippen molar-refractivity contribution in [3.8, 4) is 0 Å². The summed E-state index contributed by atoms with van der Waals surface area (Å²) in [5.74, 6) is 0.103. The molecule has 0 saturated heterocycles. The lowest BCUT2D eigenvalue weighted by Gasteiger charge is -2.26. The molecule has 1 rings (SSSR count). The van der Waals surface area contributed by atoms with Crippen molar-refractivity contribution in [1.82, 2.24) is 5.32 Å². The van der Waals surface area contributed by atoms with Gasteiger partial charge in [0, 0.05) is 10.4 Å². The molecule has 1 unspecified atom stereocenters. The highest BCUT2D eigenvalue weighted by atomic mass is 32.2. The minimum Gasteiger partial charge on any atom is -0.350 e. The minimum absolute atomic E-state index is 0.0665. The van der Waals surface area contributed by atoms with E-state index in [4.69, 9.17) is 0 Å². The van der Waals surface area contributed by atoms with Crippen LogP contribution in [0.15, 0.2) is 35.2 Å². The van der Waals surface area contributed by atoms with Gasteiger partial charge in [0.2, 0.25) is 5.91 Å². The van der Waals surface area contributed by atoms with E-state index in [-0.39, 0.29) is 16.7 Å². The molecule has 0 heterocycles. The highest BCUT2D eigenvalue weighted by Gasteiger charge is 2.22. The van der Waals surface area contributed by atoms with Crippen molar-refractivity contribution >= 4 is 17.7 Å². The summed E-state index contributed by atoms with van der Waals surface area (Å²) in [5.41, 5.74) is -0.122. The number of carbonyl (C=O) groups is 1. The maximum absolute atomic E-state index is 12.0. The molecule has 0 radical (unpaired) electrons. The molecule has 1 atom stereocenters. The van der Waals surface area contributed by atoms with Gasteiger partial charge >= 0.3 is 0 Å². The number of hydrogen-bond acceptors (Lipinski definition) is 2. The summed E-state index contributed by atoms with van der Waals surface area (Å²) in [6.45, 7) is 8.11. The Kier molecular flexibility index (Phi) is 5.06. The van der Waals surface area contributed by atoms with Gasteiger partial charge in [0.15, 0.2) is 0 Å². The normalized spacial score (nSPS) is 13.2. The largest absolute Gasteiger partial charge is 0.350 e. The van der Waals surface area contributed by atoms with E-state index in [2.05, 4.69) is 12.2 Å². The molecule has 1 N–H and O–H groups in total. The second kappa shape index (κ2) is 6.10. The molecular formula is C14H21NOS. The van der Waals surface area contributed by atoms with E-state index >= 15 is 0 Å². The second-order valence-corrected chi connectivity index (χ2v) is 6.21. The first-order valence-corrected chi connectivity index (χ1v) is 6.86. The van der Waals surface area contributed by atoms with Crippen molar-refractivity contribution in [2.75, 3.05) is 0 Å². The number of thioether (sulfide) groups is 1. The fourth-order valence-corrected chi connectivity index (χ4v) is 2.17. The maximum atomic E-state index is 12.0. The molecule has 1 aromatic rings. The van der Waals surface area contributed by atoms with Gasteiger partial charge in [-0.15, -0.1) is 11.8 Å². The third kappa shape index (κ3) is 4.82. The predicted octanol–water partition coefficient (Wildman–Crippen LogP) is 3.47. The van der Waals surface area contributed by atoms with Crippen LogP contribution in [0.3, 0.4) is 0 Å². The van der Waals surface area contributed by atoms with Crippen LogP contribution in [0.1, 0.15) is 34.1 Å². The molecular weight excluding hydrogens is 230 g/mol. The average molecular weight is 251 g/mol. The number of carbonyl (C=O) groups excluding carboxylic acids is 1. The van der Waals surface area contributed by atoms with Gasteiger partial charge in [-0.2, -0.15) is 0 Å². The number of amides is 1. The van der Waals surface area contributed by atoms with Gasteiger partial charge in [0.05, 0.1) is 5.25 Å². The van der Waals surface area contributed by atoms with Crippen LogP contribution in [-0.2, 0) is 4.79 Å². The average Bonchev–Trinajstić information content (AvgIpc) is 2.30. The first-order valence-electron chi connectivity index (χ1n) is 5.98. The van der Waals surface area contributed by atoms with E-state index < -0.39 is 0 Å². The molecule has 2 nitrogen and oxygen atoms in total. The Morgan fingerprint density at radius 3 is 2.47 bits per heavy atom. The van der Waals surface area contributed by atoms with Gasteiger partial charge in [0.1, 0.15) is 0 Å². The van der Waals surface area contributed by atoms with Crippen molar-refractivity contribution in [2.24, 2.45) is 0 Å². The monoisotopic (exact) mass is 251 g/mol. The summed E-state index contributed by atoms with van der Waals surface area (Å²) in [6, 6.07) is 10.0. The number of nitrogens with one attached hydrogen (secondary N) is 1. The van der Waals surface area contributed by atoms with Crippen LogP contribution >= 0.6 is 11.8 Å². The SMILES string of the molecule is CCC(C)(C)NC(=O)C(C)Sc1ccccc1. The van der Waals surface area contributed by atoms with Crippen molar-refractivity contribution < 1.29 is 4.79 Å². The standard InChI is InChI=1S/C14H21NOS/c1-5-14(3,4)15-13(16)11(2)17-12-9-7-6-8-10-12/h6-11H,5H2,1-4H3,(H,15,16). The van der Waals surface area contributed by atoms with Crippen LogP contribution in [0.25, 0.3) is 0 Å². The van der Waals surface area contributed by atoms with Crippen molar-refractivity contribution in [3.63, 3.8) is 0 Å². The highest BCUT2D eigenvalue weighted by molar-refractivity contribution is 8.00.